The van der Waals surface area contributed by atoms with Gasteiger partial charge in [-0.2, -0.15) is 6.08 Å². The first-order valence-corrected chi connectivity index (χ1v) is 9.58. The van der Waals surface area contributed by atoms with Crippen LogP contribution in [0.3, 0.4) is 0 Å². The molecule has 0 heterocycles. The van der Waals surface area contributed by atoms with Crippen LogP contribution in [-0.4, -0.2) is 45.2 Å². The van der Waals surface area contributed by atoms with E-state index < -0.39 is 34.9 Å². The summed E-state index contributed by atoms with van der Waals surface area (Å²) < 4.78 is 0. The number of fused-ring (bicyclic) bond motifs is 5. The number of Topliss-reactive ketones (excluding diaryl/α,β-unsaturated/α-hetero) is 1. The number of aliphatic hydroxyl groups is 3. The van der Waals surface area contributed by atoms with E-state index in [1.807, 2.05) is 13.8 Å². The van der Waals surface area contributed by atoms with Crippen molar-refractivity contribution >= 4 is 11.6 Å². The Kier molecular flexibility index (Phi) is 5.21. The summed E-state index contributed by atoms with van der Waals surface area (Å²) in [6, 6.07) is 0. The molecule has 0 bridgehead atoms. The van der Waals surface area contributed by atoms with Gasteiger partial charge in [0.2, 0.25) is 0 Å². The van der Waals surface area contributed by atoms with Crippen molar-refractivity contribution in [1.29, 1.82) is 0 Å². The Bertz CT molecular complexity index is 730. The minimum absolute atomic E-state index is 0. The first-order chi connectivity index (χ1) is 12.2. The molecule has 4 rings (SSSR count). The second-order valence-electron chi connectivity index (χ2n) is 9.07. The van der Waals surface area contributed by atoms with Gasteiger partial charge in [-0.05, 0) is 49.9 Å². The third-order valence-electron chi connectivity index (χ3n) is 8.12. The molecule has 144 valence electrons. The number of hydrogen-bond donors (Lipinski definition) is 3. The van der Waals surface area contributed by atoms with Crippen molar-refractivity contribution in [2.45, 2.75) is 57.7 Å². The fourth-order valence-electron chi connectivity index (χ4n) is 6.80. The molecule has 3 fully saturated rings. The van der Waals surface area contributed by atoms with Crippen molar-refractivity contribution < 1.29 is 44.4 Å². The van der Waals surface area contributed by atoms with Crippen molar-refractivity contribution in [2.75, 3.05) is 6.61 Å². The molecule has 4 aliphatic carbocycles. The van der Waals surface area contributed by atoms with Crippen molar-refractivity contribution in [3.05, 3.63) is 23.8 Å². The zero-order valence-corrected chi connectivity index (χ0v) is 19.0. The smallest absolute Gasteiger partial charge is 0.190 e. The number of carbonyl (C=O) groups is 2. The minimum atomic E-state index is -1.57. The van der Waals surface area contributed by atoms with Crippen LogP contribution < -0.4 is 0 Å². The topological polar surface area (TPSA) is 94.8 Å². The SMILES string of the molecule is C[C@]12[C-]=CC(=O)C=C1CC[C@@H]1[C@@H]2[C@@H](O)C[C@@]2(C)[C@H]1CC[C@]2(O)C(=O)CO.[Zn]. The first kappa shape index (κ1) is 21.0. The molecule has 6 heteroatoms. The van der Waals surface area contributed by atoms with E-state index in [0.29, 0.717) is 19.3 Å². The Hall–Kier alpha value is -0.677. The molecule has 0 unspecified atom stereocenters. The zero-order valence-electron chi connectivity index (χ0n) is 16.1. The molecule has 7 atom stereocenters. The standard InChI is InChI=1S/C21H27O5.Zn/c1-19-7-5-13(23)9-12(19)3-4-14-15-6-8-21(26,17(25)11-22)20(15,2)10-16(24)18(14)19;/h5,9,14-16,18,22,24,26H,3-4,6,8,10-11H2,1-2H3;/q-1;/t14-,15-,16-,18+,19-,20-,21-;/m0./s1. The average molecular weight is 425 g/mol. The summed E-state index contributed by atoms with van der Waals surface area (Å²) in [4.78, 5) is 24.1. The average Bonchev–Trinajstić information content (AvgIpc) is 2.86. The molecule has 0 aromatic heterocycles. The number of ketones is 2. The molecule has 0 saturated heterocycles. The second kappa shape index (κ2) is 6.69. The van der Waals surface area contributed by atoms with E-state index in [1.165, 1.54) is 6.08 Å². The largest absolute Gasteiger partial charge is 0.402 e. The van der Waals surface area contributed by atoms with Crippen LogP contribution >= 0.6 is 0 Å². The fourth-order valence-corrected chi connectivity index (χ4v) is 6.80. The van der Waals surface area contributed by atoms with Crippen molar-refractivity contribution in [1.82, 2.24) is 0 Å². The molecule has 0 aromatic carbocycles. The molecule has 27 heavy (non-hydrogen) atoms. The molecule has 5 nitrogen and oxygen atoms in total. The number of rotatable bonds is 2. The van der Waals surface area contributed by atoms with Gasteiger partial charge in [-0.25, -0.2) is 0 Å². The van der Waals surface area contributed by atoms with Gasteiger partial charge in [0.25, 0.3) is 0 Å². The third-order valence-corrected chi connectivity index (χ3v) is 8.12. The normalized spacial score (nSPS) is 48.0. The van der Waals surface area contributed by atoms with Gasteiger partial charge < -0.3 is 20.1 Å². The zero-order chi connectivity index (χ0) is 18.9. The van der Waals surface area contributed by atoms with Gasteiger partial charge >= 0.3 is 0 Å². The predicted octanol–water partition coefficient (Wildman–Crippen LogP) is 1.36. The van der Waals surface area contributed by atoms with Crippen LogP contribution in [0.25, 0.3) is 0 Å². The van der Waals surface area contributed by atoms with Crippen LogP contribution in [0.15, 0.2) is 17.7 Å². The quantitative estimate of drug-likeness (QED) is 0.459. The molecule has 3 saturated carbocycles. The van der Waals surface area contributed by atoms with Gasteiger partial charge in [0.05, 0.1) is 6.10 Å². The van der Waals surface area contributed by atoms with E-state index >= 15 is 0 Å². The van der Waals surface area contributed by atoms with E-state index in [9.17, 15) is 24.9 Å². The number of aliphatic hydroxyl groups excluding tert-OH is 2. The molecule has 0 aromatic rings. The fraction of sp³-hybridized carbons (Fsp3) is 0.714. The van der Waals surface area contributed by atoms with Gasteiger partial charge in [-0.15, -0.1) is 6.08 Å². The molecule has 0 spiro atoms. The number of carbonyl (C=O) groups excluding carboxylic acids is 2. The number of hydrogen-bond acceptors (Lipinski definition) is 5. The molecule has 4 aliphatic rings. The Morgan fingerprint density at radius 1 is 1.33 bits per heavy atom. The molecular weight excluding hydrogens is 398 g/mol. The Balaban J connectivity index is 0.00000210. The summed E-state index contributed by atoms with van der Waals surface area (Å²) in [5, 5.41) is 31.6. The molecule has 0 radical (unpaired) electrons. The second-order valence-corrected chi connectivity index (χ2v) is 9.07. The summed E-state index contributed by atoms with van der Waals surface area (Å²) in [6.07, 6.45) is 8.70. The molecule has 0 aliphatic heterocycles. The monoisotopic (exact) mass is 423 g/mol. The summed E-state index contributed by atoms with van der Waals surface area (Å²) in [7, 11) is 0. The Morgan fingerprint density at radius 3 is 2.70 bits per heavy atom. The number of allylic oxidation sites excluding steroid dienone is 4. The molecule has 3 N–H and O–H groups in total. The van der Waals surface area contributed by atoms with E-state index in [0.717, 1.165) is 18.4 Å². The first-order valence-electron chi connectivity index (χ1n) is 9.58. The van der Waals surface area contributed by atoms with Crippen molar-refractivity contribution in [3.63, 3.8) is 0 Å². The van der Waals surface area contributed by atoms with Crippen LogP contribution in [0, 0.1) is 34.7 Å². The third kappa shape index (κ3) is 2.63. The van der Waals surface area contributed by atoms with Crippen LogP contribution in [0.2, 0.25) is 0 Å². The molecular formula is C21H27O5Zn-. The Labute approximate surface area is 172 Å². The van der Waals surface area contributed by atoms with Crippen LogP contribution in [-0.2, 0) is 29.1 Å². The van der Waals surface area contributed by atoms with E-state index in [4.69, 9.17) is 0 Å². The van der Waals surface area contributed by atoms with Gasteiger partial charge in [0.15, 0.2) is 5.78 Å². The summed E-state index contributed by atoms with van der Waals surface area (Å²) >= 11 is 0. The predicted molar refractivity (Wildman–Crippen MR) is 93.7 cm³/mol. The van der Waals surface area contributed by atoms with Crippen LogP contribution in [0.1, 0.15) is 46.0 Å². The van der Waals surface area contributed by atoms with Gasteiger partial charge in [0, 0.05) is 30.7 Å². The van der Waals surface area contributed by atoms with E-state index in [-0.39, 0.29) is 43.0 Å². The van der Waals surface area contributed by atoms with Gasteiger partial charge in [0.1, 0.15) is 12.2 Å². The van der Waals surface area contributed by atoms with Crippen molar-refractivity contribution in [2.24, 2.45) is 28.6 Å². The minimum Gasteiger partial charge on any atom is -0.402 e. The van der Waals surface area contributed by atoms with Crippen LogP contribution in [0.4, 0.5) is 0 Å². The van der Waals surface area contributed by atoms with Crippen molar-refractivity contribution in [3.8, 4) is 0 Å². The van der Waals surface area contributed by atoms with E-state index in [2.05, 4.69) is 6.08 Å². The van der Waals surface area contributed by atoms with E-state index in [1.54, 1.807) is 6.08 Å². The summed E-state index contributed by atoms with van der Waals surface area (Å²) in [5.41, 5.74) is -1.75. The summed E-state index contributed by atoms with van der Waals surface area (Å²) in [6.45, 7) is 3.27. The van der Waals surface area contributed by atoms with Gasteiger partial charge in [-0.1, -0.05) is 24.8 Å². The van der Waals surface area contributed by atoms with Gasteiger partial charge in [-0.3, -0.25) is 10.9 Å². The van der Waals surface area contributed by atoms with Crippen LogP contribution in [0.5, 0.6) is 0 Å². The maximum absolute atomic E-state index is 12.3. The molecule has 0 amide bonds. The maximum atomic E-state index is 12.3. The maximum Gasteiger partial charge on any atom is 0.190 e. The summed E-state index contributed by atoms with van der Waals surface area (Å²) in [5.74, 6) is -0.397. The Morgan fingerprint density at radius 2 is 2.04 bits per heavy atom.